The topological polar surface area (TPSA) is 163 Å². The average Bonchev–Trinajstić information content (AvgIpc) is 3.47. The number of hydrogen-bond acceptors (Lipinski definition) is 11. The van der Waals surface area contributed by atoms with Crippen LogP contribution < -0.4 is 10.1 Å². The second-order valence-corrected chi connectivity index (χ2v) is 13.5. The summed E-state index contributed by atoms with van der Waals surface area (Å²) in [5, 5.41) is 20.5. The Labute approximate surface area is 254 Å². The Kier molecular flexibility index (Phi) is 8.74. The van der Waals surface area contributed by atoms with Gasteiger partial charge in [0.05, 0.1) is 22.8 Å². The van der Waals surface area contributed by atoms with Crippen LogP contribution in [0, 0.1) is 10.1 Å². The summed E-state index contributed by atoms with van der Waals surface area (Å²) in [6.45, 7) is 8.82. The third kappa shape index (κ3) is 5.96. The maximum Gasteiger partial charge on any atom is 0.396 e. The molecule has 14 nitrogen and oxygen atoms in total. The van der Waals surface area contributed by atoms with Crippen LogP contribution in [-0.2, 0) is 30.5 Å². The molecule has 2 atom stereocenters. The molecule has 1 N–H and O–H groups in total. The van der Waals surface area contributed by atoms with E-state index in [-0.39, 0.29) is 33.6 Å². The first-order chi connectivity index (χ1) is 20.4. The smallest absolute Gasteiger partial charge is 0.396 e. The van der Waals surface area contributed by atoms with E-state index in [0.29, 0.717) is 53.5 Å². The minimum absolute atomic E-state index is 0.00430. The molecule has 0 radical (unpaired) electrons. The van der Waals surface area contributed by atoms with Gasteiger partial charge < -0.3 is 24.7 Å². The quantitative estimate of drug-likeness (QED) is 0.155. The van der Waals surface area contributed by atoms with E-state index in [1.165, 1.54) is 10.6 Å². The Bertz CT molecular complexity index is 1780. The van der Waals surface area contributed by atoms with Gasteiger partial charge in [-0.1, -0.05) is 13.3 Å². The SMILES string of the molecule is CCCc1nn(C)c2c(Sc3c([N+](=O)[O-])ncn3C)nc(-c3cc(S(=O)(=O)N4C[C@@H](C)N[C@@H](C)C4)ccc3OCC)nc12. The first-order valence-electron chi connectivity index (χ1n) is 14.0. The number of hydrogen-bond donors (Lipinski definition) is 1. The molecule has 3 aromatic heterocycles. The summed E-state index contributed by atoms with van der Waals surface area (Å²) in [6, 6.07) is 4.73. The van der Waals surface area contributed by atoms with Crippen molar-refractivity contribution in [3.05, 3.63) is 40.3 Å². The Morgan fingerprint density at radius 3 is 2.53 bits per heavy atom. The monoisotopic (exact) mass is 629 g/mol. The van der Waals surface area contributed by atoms with Gasteiger partial charge in [0, 0.05) is 39.3 Å². The molecule has 4 aromatic rings. The highest BCUT2D eigenvalue weighted by molar-refractivity contribution is 7.99. The van der Waals surface area contributed by atoms with Gasteiger partial charge in [0.1, 0.15) is 21.8 Å². The van der Waals surface area contributed by atoms with Crippen molar-refractivity contribution >= 4 is 38.6 Å². The van der Waals surface area contributed by atoms with E-state index >= 15 is 0 Å². The van der Waals surface area contributed by atoms with E-state index in [0.717, 1.165) is 23.9 Å². The molecule has 5 rings (SSSR count). The lowest BCUT2D eigenvalue weighted by molar-refractivity contribution is -0.392. The van der Waals surface area contributed by atoms with Gasteiger partial charge in [-0.3, -0.25) is 4.68 Å². The van der Waals surface area contributed by atoms with Crippen LogP contribution in [0.1, 0.15) is 39.8 Å². The fraction of sp³-hybridized carbons (Fsp3) is 0.481. The van der Waals surface area contributed by atoms with Gasteiger partial charge in [0.25, 0.3) is 0 Å². The lowest BCUT2D eigenvalue weighted by Gasteiger charge is -2.35. The van der Waals surface area contributed by atoms with Crippen molar-refractivity contribution in [1.29, 1.82) is 0 Å². The number of aromatic nitrogens is 6. The zero-order chi connectivity index (χ0) is 31.1. The second-order valence-electron chi connectivity index (χ2n) is 10.6. The maximum absolute atomic E-state index is 13.8. The van der Waals surface area contributed by atoms with E-state index in [1.807, 2.05) is 27.7 Å². The third-order valence-electron chi connectivity index (χ3n) is 7.09. The Morgan fingerprint density at radius 1 is 1.16 bits per heavy atom. The molecule has 1 saturated heterocycles. The first-order valence-corrected chi connectivity index (χ1v) is 16.3. The molecule has 0 amide bonds. The fourth-order valence-corrected chi connectivity index (χ4v) is 7.99. The highest BCUT2D eigenvalue weighted by Crippen LogP contribution is 2.40. The predicted molar refractivity (Wildman–Crippen MR) is 162 cm³/mol. The second kappa shape index (κ2) is 12.2. The van der Waals surface area contributed by atoms with Crippen LogP contribution >= 0.6 is 11.8 Å². The van der Waals surface area contributed by atoms with Crippen molar-refractivity contribution in [2.45, 2.75) is 67.6 Å². The van der Waals surface area contributed by atoms with Crippen molar-refractivity contribution in [2.24, 2.45) is 14.1 Å². The molecule has 1 aromatic carbocycles. The number of nitro groups is 1. The van der Waals surface area contributed by atoms with Crippen LogP contribution in [0.5, 0.6) is 5.75 Å². The molecule has 0 bridgehead atoms. The molecule has 1 aliphatic rings. The number of benzene rings is 1. The lowest BCUT2D eigenvalue weighted by Crippen LogP contribution is -2.55. The number of nitrogens with one attached hydrogen (secondary N) is 1. The van der Waals surface area contributed by atoms with Crippen molar-refractivity contribution < 1.29 is 18.1 Å². The van der Waals surface area contributed by atoms with Crippen LogP contribution in [0.2, 0.25) is 0 Å². The Hall–Kier alpha value is -3.60. The summed E-state index contributed by atoms with van der Waals surface area (Å²) in [5.41, 5.74) is 2.34. The molecule has 0 spiro atoms. The summed E-state index contributed by atoms with van der Waals surface area (Å²) in [6.07, 6.45) is 2.85. The van der Waals surface area contributed by atoms with Gasteiger partial charge in [-0.15, -0.1) is 0 Å². The molecule has 43 heavy (non-hydrogen) atoms. The van der Waals surface area contributed by atoms with Gasteiger partial charge in [0.15, 0.2) is 10.9 Å². The highest BCUT2D eigenvalue weighted by atomic mass is 32.2. The van der Waals surface area contributed by atoms with Crippen LogP contribution in [-0.4, -0.2) is 78.7 Å². The van der Waals surface area contributed by atoms with E-state index in [1.54, 1.807) is 41.5 Å². The van der Waals surface area contributed by atoms with Crippen molar-refractivity contribution in [3.63, 3.8) is 0 Å². The summed E-state index contributed by atoms with van der Waals surface area (Å²) < 4.78 is 38.3. The summed E-state index contributed by atoms with van der Waals surface area (Å²) in [5.74, 6) is 0.360. The highest BCUT2D eigenvalue weighted by Gasteiger charge is 2.33. The molecule has 0 saturated carbocycles. The molecule has 0 unspecified atom stereocenters. The van der Waals surface area contributed by atoms with Crippen LogP contribution in [0.15, 0.2) is 39.5 Å². The number of fused-ring (bicyclic) bond motifs is 1. The van der Waals surface area contributed by atoms with Crippen molar-refractivity contribution in [2.75, 3.05) is 19.7 Å². The van der Waals surface area contributed by atoms with Crippen LogP contribution in [0.4, 0.5) is 5.82 Å². The normalized spacial score (nSPS) is 17.9. The van der Waals surface area contributed by atoms with Crippen LogP contribution in [0.25, 0.3) is 22.4 Å². The molecule has 16 heteroatoms. The van der Waals surface area contributed by atoms with E-state index < -0.39 is 14.9 Å². The molecule has 4 heterocycles. The fourth-order valence-electron chi connectivity index (χ4n) is 5.29. The molecule has 1 fully saturated rings. The summed E-state index contributed by atoms with van der Waals surface area (Å²) >= 11 is 1.08. The number of piperazine rings is 1. The zero-order valence-electron chi connectivity index (χ0n) is 24.9. The maximum atomic E-state index is 13.8. The Balaban J connectivity index is 1.71. The summed E-state index contributed by atoms with van der Waals surface area (Å²) in [7, 11) is -0.391. The summed E-state index contributed by atoms with van der Waals surface area (Å²) in [4.78, 5) is 25.0. The standard InChI is InChI=1S/C27H35N9O5S2/c1-7-9-20-22-23(34(6)32-20)26(42-27-25(36(37)38)28-15-33(27)5)31-24(30-22)19-12-18(10-11-21(19)41-8-2)43(39,40)35-13-16(3)29-17(4)14-35/h10-12,15-17,29H,7-9,13-14H2,1-6H3/t16-,17+. The minimum Gasteiger partial charge on any atom is -0.493 e. The largest absolute Gasteiger partial charge is 0.493 e. The van der Waals surface area contributed by atoms with Crippen LogP contribution in [0.3, 0.4) is 0 Å². The van der Waals surface area contributed by atoms with E-state index in [9.17, 15) is 18.5 Å². The number of sulfonamides is 1. The molecular weight excluding hydrogens is 594 g/mol. The predicted octanol–water partition coefficient (Wildman–Crippen LogP) is 3.55. The Morgan fingerprint density at radius 2 is 1.88 bits per heavy atom. The number of imidazole rings is 1. The molecule has 1 aliphatic heterocycles. The molecular formula is C27H35N9O5S2. The van der Waals surface area contributed by atoms with E-state index in [4.69, 9.17) is 14.7 Å². The van der Waals surface area contributed by atoms with Crippen molar-refractivity contribution in [1.82, 2.24) is 38.9 Å². The van der Waals surface area contributed by atoms with E-state index in [2.05, 4.69) is 15.4 Å². The van der Waals surface area contributed by atoms with Gasteiger partial charge >= 0.3 is 5.82 Å². The van der Waals surface area contributed by atoms with Gasteiger partial charge in [-0.25, -0.2) is 18.4 Å². The average molecular weight is 630 g/mol. The van der Waals surface area contributed by atoms with Gasteiger partial charge in [-0.2, -0.15) is 9.40 Å². The molecule has 230 valence electrons. The molecule has 0 aliphatic carbocycles. The first kappa shape index (κ1) is 30.8. The third-order valence-corrected chi connectivity index (χ3v) is 10.1. The number of rotatable bonds is 10. The zero-order valence-corrected chi connectivity index (χ0v) is 26.6. The minimum atomic E-state index is -3.84. The number of aryl methyl sites for hydroxylation is 3. The van der Waals surface area contributed by atoms with Gasteiger partial charge in [-0.05, 0) is 67.1 Å². The number of nitrogens with zero attached hydrogens (tertiary/aromatic N) is 8. The number of ether oxygens (including phenoxy) is 1. The lowest BCUT2D eigenvalue weighted by atomic mass is 10.1. The van der Waals surface area contributed by atoms with Gasteiger partial charge in [0.2, 0.25) is 16.4 Å². The van der Waals surface area contributed by atoms with Crippen molar-refractivity contribution in [3.8, 4) is 17.1 Å².